The fourth-order valence-electron chi connectivity index (χ4n) is 1.80. The number of halogens is 1. The largest absolute Gasteiger partial charge is 0.467 e. The van der Waals surface area contributed by atoms with Gasteiger partial charge in [-0.25, -0.2) is 0 Å². The lowest BCUT2D eigenvalue weighted by molar-refractivity contribution is -0.117. The maximum atomic E-state index is 11.8. The number of furan rings is 1. The molecule has 0 spiro atoms. The summed E-state index contributed by atoms with van der Waals surface area (Å²) in [5, 5.41) is 2.85. The van der Waals surface area contributed by atoms with Crippen molar-refractivity contribution in [1.29, 1.82) is 0 Å². The standard InChI is InChI=1S/C16H16BrNO2/c1-11-5-6-13(14(17)10-11)7-8-16(19)18-12(2)15-4-3-9-20-15/h3-10,12H,1-2H3,(H,18,19)/b8-7+/t12-/m0/s1. The number of amides is 1. The maximum Gasteiger partial charge on any atom is 0.244 e. The molecule has 1 amide bonds. The van der Waals surface area contributed by atoms with Crippen LogP contribution in [-0.4, -0.2) is 5.91 Å². The number of hydrogen-bond donors (Lipinski definition) is 1. The number of rotatable bonds is 4. The van der Waals surface area contributed by atoms with E-state index >= 15 is 0 Å². The molecule has 20 heavy (non-hydrogen) atoms. The van der Waals surface area contributed by atoms with Crippen molar-refractivity contribution in [1.82, 2.24) is 5.32 Å². The molecular formula is C16H16BrNO2. The van der Waals surface area contributed by atoms with Crippen molar-refractivity contribution in [3.63, 3.8) is 0 Å². The Hall–Kier alpha value is -1.81. The van der Waals surface area contributed by atoms with E-state index in [1.807, 2.05) is 38.1 Å². The maximum absolute atomic E-state index is 11.8. The number of aryl methyl sites for hydroxylation is 1. The predicted molar refractivity (Wildman–Crippen MR) is 83.2 cm³/mol. The Morgan fingerprint density at radius 3 is 2.85 bits per heavy atom. The summed E-state index contributed by atoms with van der Waals surface area (Å²) in [4.78, 5) is 11.8. The van der Waals surface area contributed by atoms with Gasteiger partial charge in [-0.3, -0.25) is 4.79 Å². The Kier molecular flexibility index (Phi) is 4.79. The molecule has 0 aliphatic heterocycles. The lowest BCUT2D eigenvalue weighted by Crippen LogP contribution is -2.24. The van der Waals surface area contributed by atoms with Gasteiger partial charge in [-0.1, -0.05) is 28.1 Å². The second kappa shape index (κ2) is 6.57. The fraction of sp³-hybridized carbons (Fsp3) is 0.188. The van der Waals surface area contributed by atoms with Crippen molar-refractivity contribution < 1.29 is 9.21 Å². The quantitative estimate of drug-likeness (QED) is 0.850. The van der Waals surface area contributed by atoms with E-state index in [1.165, 1.54) is 11.6 Å². The summed E-state index contributed by atoms with van der Waals surface area (Å²) in [5.41, 5.74) is 2.14. The van der Waals surface area contributed by atoms with Gasteiger partial charge < -0.3 is 9.73 Å². The Morgan fingerprint density at radius 2 is 2.20 bits per heavy atom. The third-order valence-electron chi connectivity index (χ3n) is 2.90. The first kappa shape index (κ1) is 14.6. The van der Waals surface area contributed by atoms with E-state index in [2.05, 4.69) is 21.2 Å². The molecule has 1 heterocycles. The lowest BCUT2D eigenvalue weighted by atomic mass is 10.1. The van der Waals surface area contributed by atoms with E-state index in [-0.39, 0.29) is 11.9 Å². The van der Waals surface area contributed by atoms with Crippen LogP contribution in [0.25, 0.3) is 6.08 Å². The van der Waals surface area contributed by atoms with Crippen LogP contribution in [0.4, 0.5) is 0 Å². The fourth-order valence-corrected chi connectivity index (χ4v) is 2.43. The molecule has 1 aromatic carbocycles. The topological polar surface area (TPSA) is 42.2 Å². The summed E-state index contributed by atoms with van der Waals surface area (Å²) in [6.07, 6.45) is 4.90. The molecule has 1 N–H and O–H groups in total. The average Bonchev–Trinajstić information content (AvgIpc) is 2.91. The SMILES string of the molecule is Cc1ccc(/C=C/C(=O)N[C@@H](C)c2ccco2)c(Br)c1. The highest BCUT2D eigenvalue weighted by Gasteiger charge is 2.09. The number of hydrogen-bond acceptors (Lipinski definition) is 2. The van der Waals surface area contributed by atoms with Crippen molar-refractivity contribution >= 4 is 27.9 Å². The van der Waals surface area contributed by atoms with Gasteiger partial charge in [-0.15, -0.1) is 0 Å². The van der Waals surface area contributed by atoms with Crippen molar-refractivity contribution in [2.45, 2.75) is 19.9 Å². The molecule has 0 aliphatic carbocycles. The van der Waals surface area contributed by atoms with E-state index in [0.29, 0.717) is 0 Å². The number of nitrogens with one attached hydrogen (secondary N) is 1. The van der Waals surface area contributed by atoms with Gasteiger partial charge >= 0.3 is 0 Å². The molecule has 2 rings (SSSR count). The summed E-state index contributed by atoms with van der Waals surface area (Å²) < 4.78 is 6.22. The van der Waals surface area contributed by atoms with Crippen molar-refractivity contribution in [2.75, 3.05) is 0 Å². The van der Waals surface area contributed by atoms with Gasteiger partial charge in [0.15, 0.2) is 0 Å². The van der Waals surface area contributed by atoms with Crippen molar-refractivity contribution in [3.8, 4) is 0 Å². The first-order valence-corrected chi connectivity index (χ1v) is 7.13. The molecule has 4 heteroatoms. The van der Waals surface area contributed by atoms with Gasteiger partial charge in [-0.2, -0.15) is 0 Å². The number of carbonyl (C=O) groups is 1. The van der Waals surface area contributed by atoms with Crippen LogP contribution in [0.2, 0.25) is 0 Å². The Balaban J connectivity index is 1.99. The molecule has 1 aromatic heterocycles. The van der Waals surface area contributed by atoms with Crippen molar-refractivity contribution in [2.24, 2.45) is 0 Å². The molecule has 1 atom stereocenters. The van der Waals surface area contributed by atoms with Gasteiger partial charge in [0.2, 0.25) is 5.91 Å². The van der Waals surface area contributed by atoms with Crippen LogP contribution in [0.15, 0.2) is 51.6 Å². The van der Waals surface area contributed by atoms with Crippen LogP contribution in [-0.2, 0) is 4.79 Å². The van der Waals surface area contributed by atoms with Crippen LogP contribution >= 0.6 is 15.9 Å². The molecule has 104 valence electrons. The first-order chi connectivity index (χ1) is 9.56. The molecule has 0 saturated carbocycles. The molecule has 0 unspecified atom stereocenters. The smallest absolute Gasteiger partial charge is 0.244 e. The van der Waals surface area contributed by atoms with E-state index in [1.54, 1.807) is 18.4 Å². The van der Waals surface area contributed by atoms with Gasteiger partial charge in [-0.05, 0) is 49.2 Å². The molecule has 0 radical (unpaired) electrons. The van der Waals surface area contributed by atoms with Crippen LogP contribution in [0.5, 0.6) is 0 Å². The second-order valence-electron chi connectivity index (χ2n) is 4.60. The molecule has 0 saturated heterocycles. The first-order valence-electron chi connectivity index (χ1n) is 6.34. The Bertz CT molecular complexity index is 617. The van der Waals surface area contributed by atoms with Crippen LogP contribution < -0.4 is 5.32 Å². The minimum absolute atomic E-state index is 0.149. The molecule has 2 aromatic rings. The zero-order valence-electron chi connectivity index (χ0n) is 11.4. The highest BCUT2D eigenvalue weighted by molar-refractivity contribution is 9.10. The second-order valence-corrected chi connectivity index (χ2v) is 5.46. The Labute approximate surface area is 126 Å². The van der Waals surface area contributed by atoms with Gasteiger partial charge in [0.25, 0.3) is 0 Å². The van der Waals surface area contributed by atoms with E-state index in [9.17, 15) is 4.79 Å². The predicted octanol–water partition coefficient (Wildman–Crippen LogP) is 4.24. The Morgan fingerprint density at radius 1 is 1.40 bits per heavy atom. The minimum atomic E-state index is -0.152. The summed E-state index contributed by atoms with van der Waals surface area (Å²) in [6, 6.07) is 9.49. The third kappa shape index (κ3) is 3.84. The number of benzene rings is 1. The zero-order chi connectivity index (χ0) is 14.5. The lowest BCUT2D eigenvalue weighted by Gasteiger charge is -2.09. The zero-order valence-corrected chi connectivity index (χ0v) is 13.0. The molecule has 0 bridgehead atoms. The van der Waals surface area contributed by atoms with Crippen molar-refractivity contribution in [3.05, 3.63) is 64.0 Å². The monoisotopic (exact) mass is 333 g/mol. The summed E-state index contributed by atoms with van der Waals surface area (Å²) in [6.45, 7) is 3.91. The average molecular weight is 334 g/mol. The van der Waals surface area contributed by atoms with Gasteiger partial charge in [0.05, 0.1) is 12.3 Å². The molecule has 3 nitrogen and oxygen atoms in total. The van der Waals surface area contributed by atoms with Gasteiger partial charge in [0, 0.05) is 10.5 Å². The highest BCUT2D eigenvalue weighted by atomic mass is 79.9. The third-order valence-corrected chi connectivity index (χ3v) is 3.59. The minimum Gasteiger partial charge on any atom is -0.467 e. The highest BCUT2D eigenvalue weighted by Crippen LogP contribution is 2.19. The summed E-state index contributed by atoms with van der Waals surface area (Å²) in [5.74, 6) is 0.588. The molecule has 0 fully saturated rings. The number of carbonyl (C=O) groups excluding carboxylic acids is 1. The van der Waals surface area contributed by atoms with Crippen LogP contribution in [0.1, 0.15) is 29.9 Å². The molecule has 0 aliphatic rings. The van der Waals surface area contributed by atoms with Crippen LogP contribution in [0, 0.1) is 6.92 Å². The summed E-state index contributed by atoms with van der Waals surface area (Å²) >= 11 is 3.48. The summed E-state index contributed by atoms with van der Waals surface area (Å²) in [7, 11) is 0. The van der Waals surface area contributed by atoms with Crippen LogP contribution in [0.3, 0.4) is 0 Å². The molecular weight excluding hydrogens is 318 g/mol. The van der Waals surface area contributed by atoms with E-state index in [4.69, 9.17) is 4.42 Å². The van der Waals surface area contributed by atoms with Gasteiger partial charge in [0.1, 0.15) is 5.76 Å². The van der Waals surface area contributed by atoms with E-state index in [0.717, 1.165) is 15.8 Å². The van der Waals surface area contributed by atoms with E-state index < -0.39 is 0 Å². The normalized spacial score (nSPS) is 12.6.